The van der Waals surface area contributed by atoms with Gasteiger partial charge in [-0.3, -0.25) is 0 Å². The highest BCUT2D eigenvalue weighted by atomic mass is 14.9. The van der Waals surface area contributed by atoms with Crippen molar-refractivity contribution in [1.82, 2.24) is 0 Å². The molecule has 0 unspecified atom stereocenters. The summed E-state index contributed by atoms with van der Waals surface area (Å²) in [5, 5.41) is 3.32. The van der Waals surface area contributed by atoms with Crippen molar-refractivity contribution in [3.8, 4) is 12.3 Å². The zero-order chi connectivity index (χ0) is 9.52. The molecule has 0 spiro atoms. The van der Waals surface area contributed by atoms with E-state index in [4.69, 9.17) is 6.42 Å². The molecule has 0 aliphatic rings. The molecule has 0 aliphatic heterocycles. The average Bonchev–Trinajstić information content (AvgIpc) is 2.13. The van der Waals surface area contributed by atoms with Crippen LogP contribution in [0.25, 0.3) is 0 Å². The zero-order valence-corrected chi connectivity index (χ0v) is 8.01. The van der Waals surface area contributed by atoms with Crippen LogP contribution in [0.2, 0.25) is 0 Å². The number of unbranched alkanes of at least 4 members (excludes halogenated alkanes) is 1. The number of hydrogen-bond donors (Lipinski definition) is 1. The SMILES string of the molecule is C#CCCCNc1cccc(C)c1. The summed E-state index contributed by atoms with van der Waals surface area (Å²) in [5.74, 6) is 2.63. The second-order valence-corrected chi connectivity index (χ2v) is 3.10. The highest BCUT2D eigenvalue weighted by Crippen LogP contribution is 2.09. The Morgan fingerprint density at radius 2 is 2.31 bits per heavy atom. The normalized spacial score (nSPS) is 9.23. The van der Waals surface area contributed by atoms with E-state index in [-0.39, 0.29) is 0 Å². The Kier molecular flexibility index (Phi) is 3.92. The van der Waals surface area contributed by atoms with Gasteiger partial charge >= 0.3 is 0 Å². The zero-order valence-electron chi connectivity index (χ0n) is 8.01. The van der Waals surface area contributed by atoms with Crippen LogP contribution in [0.4, 0.5) is 5.69 Å². The number of terminal acetylenes is 1. The summed E-state index contributed by atoms with van der Waals surface area (Å²) >= 11 is 0. The summed E-state index contributed by atoms with van der Waals surface area (Å²) in [6, 6.07) is 8.35. The molecule has 0 bridgehead atoms. The number of rotatable bonds is 4. The Balaban J connectivity index is 2.33. The predicted molar refractivity (Wildman–Crippen MR) is 57.7 cm³/mol. The van der Waals surface area contributed by atoms with Gasteiger partial charge in [0.05, 0.1) is 0 Å². The molecule has 0 fully saturated rings. The van der Waals surface area contributed by atoms with Crippen LogP contribution >= 0.6 is 0 Å². The molecule has 68 valence electrons. The molecule has 1 N–H and O–H groups in total. The van der Waals surface area contributed by atoms with E-state index in [2.05, 4.69) is 42.4 Å². The number of benzene rings is 1. The van der Waals surface area contributed by atoms with Gasteiger partial charge < -0.3 is 5.32 Å². The van der Waals surface area contributed by atoms with Crippen molar-refractivity contribution in [3.05, 3.63) is 29.8 Å². The van der Waals surface area contributed by atoms with E-state index >= 15 is 0 Å². The molecule has 0 saturated carbocycles. The molecule has 0 heterocycles. The Morgan fingerprint density at radius 1 is 1.46 bits per heavy atom. The van der Waals surface area contributed by atoms with Crippen molar-refractivity contribution in [2.75, 3.05) is 11.9 Å². The Hall–Kier alpha value is -1.42. The third-order valence-electron chi connectivity index (χ3n) is 1.85. The lowest BCUT2D eigenvalue weighted by Gasteiger charge is -2.05. The molecule has 1 aromatic carbocycles. The van der Waals surface area contributed by atoms with E-state index in [0.717, 1.165) is 19.4 Å². The van der Waals surface area contributed by atoms with Gasteiger partial charge in [-0.1, -0.05) is 12.1 Å². The summed E-state index contributed by atoms with van der Waals surface area (Å²) in [6.45, 7) is 3.04. The summed E-state index contributed by atoms with van der Waals surface area (Å²) in [7, 11) is 0. The molecule has 0 aromatic heterocycles. The first-order chi connectivity index (χ1) is 6.33. The van der Waals surface area contributed by atoms with Gasteiger partial charge in [-0.15, -0.1) is 12.3 Å². The van der Waals surface area contributed by atoms with E-state index in [0.29, 0.717) is 0 Å². The van der Waals surface area contributed by atoms with Crippen molar-refractivity contribution in [1.29, 1.82) is 0 Å². The van der Waals surface area contributed by atoms with Gasteiger partial charge in [0.2, 0.25) is 0 Å². The van der Waals surface area contributed by atoms with Gasteiger partial charge in [-0.25, -0.2) is 0 Å². The molecule has 1 nitrogen and oxygen atoms in total. The van der Waals surface area contributed by atoms with Crippen LogP contribution in [-0.2, 0) is 0 Å². The Labute approximate surface area is 80.2 Å². The smallest absolute Gasteiger partial charge is 0.0342 e. The van der Waals surface area contributed by atoms with Crippen molar-refractivity contribution >= 4 is 5.69 Å². The topological polar surface area (TPSA) is 12.0 Å². The first-order valence-electron chi connectivity index (χ1n) is 4.57. The third kappa shape index (κ3) is 3.66. The number of aryl methyl sites for hydroxylation is 1. The first-order valence-corrected chi connectivity index (χ1v) is 4.57. The number of anilines is 1. The summed E-state index contributed by atoms with van der Waals surface area (Å²) < 4.78 is 0. The first kappa shape index (κ1) is 9.67. The van der Waals surface area contributed by atoms with Crippen molar-refractivity contribution in [2.45, 2.75) is 19.8 Å². The molecule has 1 aromatic rings. The van der Waals surface area contributed by atoms with Crippen molar-refractivity contribution in [2.24, 2.45) is 0 Å². The minimum Gasteiger partial charge on any atom is -0.385 e. The standard InChI is InChI=1S/C12H15N/c1-3-4-5-9-13-12-8-6-7-11(2)10-12/h1,6-8,10,13H,4-5,9H2,2H3. The third-order valence-corrected chi connectivity index (χ3v) is 1.85. The lowest BCUT2D eigenvalue weighted by molar-refractivity contribution is 0.907. The van der Waals surface area contributed by atoms with Gasteiger partial charge in [-0.2, -0.15) is 0 Å². The molecule has 13 heavy (non-hydrogen) atoms. The second kappa shape index (κ2) is 5.27. The Morgan fingerprint density at radius 3 is 3.00 bits per heavy atom. The summed E-state index contributed by atoms with van der Waals surface area (Å²) in [5.41, 5.74) is 2.46. The number of hydrogen-bond acceptors (Lipinski definition) is 1. The van der Waals surface area contributed by atoms with Gasteiger partial charge in [0, 0.05) is 18.7 Å². The maximum absolute atomic E-state index is 5.15. The molecule has 0 amide bonds. The fourth-order valence-corrected chi connectivity index (χ4v) is 1.18. The van der Waals surface area contributed by atoms with Gasteiger partial charge in [-0.05, 0) is 31.0 Å². The van der Waals surface area contributed by atoms with Gasteiger partial charge in [0.1, 0.15) is 0 Å². The quantitative estimate of drug-likeness (QED) is 0.545. The van der Waals surface area contributed by atoms with Crippen molar-refractivity contribution < 1.29 is 0 Å². The van der Waals surface area contributed by atoms with E-state index in [1.54, 1.807) is 0 Å². The van der Waals surface area contributed by atoms with Crippen LogP contribution in [0.3, 0.4) is 0 Å². The lowest BCUT2D eigenvalue weighted by atomic mass is 10.2. The minimum absolute atomic E-state index is 0.846. The van der Waals surface area contributed by atoms with Gasteiger partial charge in [0.15, 0.2) is 0 Å². The molecule has 1 rings (SSSR count). The second-order valence-electron chi connectivity index (χ2n) is 3.10. The Bertz CT molecular complexity index is 296. The molecule has 0 aliphatic carbocycles. The highest BCUT2D eigenvalue weighted by Gasteiger charge is 1.90. The predicted octanol–water partition coefficient (Wildman–Crippen LogP) is 2.82. The van der Waals surface area contributed by atoms with Crippen LogP contribution in [0.5, 0.6) is 0 Å². The fourth-order valence-electron chi connectivity index (χ4n) is 1.18. The van der Waals surface area contributed by atoms with Gasteiger partial charge in [0.25, 0.3) is 0 Å². The maximum Gasteiger partial charge on any atom is 0.0342 e. The average molecular weight is 173 g/mol. The van der Waals surface area contributed by atoms with E-state index in [1.807, 2.05) is 0 Å². The largest absolute Gasteiger partial charge is 0.385 e. The summed E-state index contributed by atoms with van der Waals surface area (Å²) in [4.78, 5) is 0. The molecular formula is C12H15N. The minimum atomic E-state index is 0.846. The fraction of sp³-hybridized carbons (Fsp3) is 0.333. The van der Waals surface area contributed by atoms with E-state index < -0.39 is 0 Å². The van der Waals surface area contributed by atoms with Crippen LogP contribution in [0.1, 0.15) is 18.4 Å². The monoisotopic (exact) mass is 173 g/mol. The molecule has 0 radical (unpaired) electrons. The van der Waals surface area contributed by atoms with Crippen LogP contribution in [0.15, 0.2) is 24.3 Å². The summed E-state index contributed by atoms with van der Waals surface area (Å²) in [6.07, 6.45) is 7.03. The molecule has 1 heteroatoms. The number of nitrogens with one attached hydrogen (secondary N) is 1. The molecule has 0 atom stereocenters. The van der Waals surface area contributed by atoms with Crippen LogP contribution in [0, 0.1) is 19.3 Å². The van der Waals surface area contributed by atoms with Crippen molar-refractivity contribution in [3.63, 3.8) is 0 Å². The molecular weight excluding hydrogens is 158 g/mol. The van der Waals surface area contributed by atoms with Crippen LogP contribution in [-0.4, -0.2) is 6.54 Å². The lowest BCUT2D eigenvalue weighted by Crippen LogP contribution is -2.00. The molecule has 0 saturated heterocycles. The van der Waals surface area contributed by atoms with E-state index in [9.17, 15) is 0 Å². The van der Waals surface area contributed by atoms with E-state index in [1.165, 1.54) is 11.3 Å². The highest BCUT2D eigenvalue weighted by molar-refractivity contribution is 5.45. The van der Waals surface area contributed by atoms with Crippen LogP contribution < -0.4 is 5.32 Å². The maximum atomic E-state index is 5.15.